The Hall–Kier alpha value is -0.260. The molecule has 0 unspecified atom stereocenters. The molecule has 94 valence electrons. The van der Waals surface area contributed by atoms with Gasteiger partial charge in [-0.05, 0) is 24.3 Å². The lowest BCUT2D eigenvalue weighted by atomic mass is 10.1. The van der Waals surface area contributed by atoms with Gasteiger partial charge < -0.3 is 10.2 Å². The number of hydrogen-bond acceptors (Lipinski definition) is 3. The zero-order chi connectivity index (χ0) is 11.3. The minimum absolute atomic E-state index is 0. The highest BCUT2D eigenvalue weighted by atomic mass is 127. The molecule has 0 aliphatic carbocycles. The van der Waals surface area contributed by atoms with E-state index in [9.17, 15) is 0 Å². The summed E-state index contributed by atoms with van der Waals surface area (Å²) in [5.41, 5.74) is 1.16. The van der Waals surface area contributed by atoms with Crippen LogP contribution in [-0.4, -0.2) is 37.5 Å². The molecule has 0 aromatic heterocycles. The van der Waals surface area contributed by atoms with Crippen molar-refractivity contribution in [3.05, 3.63) is 12.2 Å². The molecule has 0 bridgehead atoms. The molecule has 0 aromatic carbocycles. The maximum absolute atomic E-state index is 4.44. The second-order valence-electron chi connectivity index (χ2n) is 4.70. The predicted octanol–water partition coefficient (Wildman–Crippen LogP) is 2.49. The molecule has 0 fully saturated rings. The van der Waals surface area contributed by atoms with E-state index in [1.807, 2.05) is 0 Å². The fourth-order valence-corrected chi connectivity index (χ4v) is 1.60. The first-order valence-corrected chi connectivity index (χ1v) is 5.75. The largest absolute Gasteiger partial charge is 0.352 e. The van der Waals surface area contributed by atoms with Crippen molar-refractivity contribution in [1.29, 1.82) is 0 Å². The van der Waals surface area contributed by atoms with E-state index in [1.165, 1.54) is 12.8 Å². The van der Waals surface area contributed by atoms with Crippen molar-refractivity contribution in [2.24, 2.45) is 10.9 Å². The van der Waals surface area contributed by atoms with Gasteiger partial charge in [0.1, 0.15) is 0 Å². The highest BCUT2D eigenvalue weighted by Crippen LogP contribution is 2.05. The highest BCUT2D eigenvalue weighted by molar-refractivity contribution is 14.0. The van der Waals surface area contributed by atoms with E-state index < -0.39 is 0 Å². The van der Waals surface area contributed by atoms with Gasteiger partial charge in [-0.15, -0.1) is 24.0 Å². The lowest BCUT2D eigenvalue weighted by molar-refractivity contribution is 0.431. The van der Waals surface area contributed by atoms with E-state index in [0.717, 1.165) is 37.1 Å². The van der Waals surface area contributed by atoms with Crippen LogP contribution in [0.2, 0.25) is 0 Å². The number of rotatable bonds is 4. The number of hydrogen-bond donors (Lipinski definition) is 1. The number of nitrogens with one attached hydrogen (secondary N) is 1. The monoisotopic (exact) mass is 337 g/mol. The summed E-state index contributed by atoms with van der Waals surface area (Å²) in [4.78, 5) is 6.64. The minimum atomic E-state index is 0. The maximum atomic E-state index is 4.44. The molecule has 1 heterocycles. The Balaban J connectivity index is 0.00000225. The second kappa shape index (κ2) is 7.92. The fraction of sp³-hybridized carbons (Fsp3) is 0.750. The number of nitrogens with zero attached hydrogens (tertiary/aromatic N) is 2. The lowest BCUT2D eigenvalue weighted by Gasteiger charge is -2.25. The van der Waals surface area contributed by atoms with Crippen LogP contribution in [0.25, 0.3) is 0 Å². The molecule has 4 heteroatoms. The van der Waals surface area contributed by atoms with Gasteiger partial charge in [-0.2, -0.15) is 0 Å². The van der Waals surface area contributed by atoms with Crippen LogP contribution in [0.3, 0.4) is 0 Å². The van der Waals surface area contributed by atoms with Crippen molar-refractivity contribution in [1.82, 2.24) is 10.2 Å². The number of halogens is 1. The Bertz CT molecular complexity index is 249. The average Bonchev–Trinajstić information content (AvgIpc) is 2.18. The molecule has 0 saturated heterocycles. The van der Waals surface area contributed by atoms with E-state index in [0.29, 0.717) is 0 Å². The number of aliphatic imine (C=N–C) groups is 1. The van der Waals surface area contributed by atoms with Crippen molar-refractivity contribution in [3.8, 4) is 0 Å². The van der Waals surface area contributed by atoms with Crippen molar-refractivity contribution in [3.63, 3.8) is 0 Å². The molecular formula is C12H24IN3. The Morgan fingerprint density at radius 1 is 1.50 bits per heavy atom. The molecule has 0 radical (unpaired) electrons. The van der Waals surface area contributed by atoms with Crippen LogP contribution in [0.1, 0.15) is 26.7 Å². The van der Waals surface area contributed by atoms with Crippen LogP contribution in [0.4, 0.5) is 0 Å². The van der Waals surface area contributed by atoms with Crippen molar-refractivity contribution < 1.29 is 0 Å². The van der Waals surface area contributed by atoms with Gasteiger partial charge in [-0.1, -0.05) is 20.4 Å². The van der Waals surface area contributed by atoms with Crippen molar-refractivity contribution in [2.45, 2.75) is 26.7 Å². The van der Waals surface area contributed by atoms with E-state index in [4.69, 9.17) is 0 Å². The molecule has 1 aliphatic rings. The topological polar surface area (TPSA) is 27.6 Å². The summed E-state index contributed by atoms with van der Waals surface area (Å²) in [6, 6.07) is 0. The Morgan fingerprint density at radius 3 is 2.69 bits per heavy atom. The third kappa shape index (κ3) is 5.72. The molecule has 1 N–H and O–H groups in total. The van der Waals surface area contributed by atoms with Gasteiger partial charge >= 0.3 is 0 Å². The summed E-state index contributed by atoms with van der Waals surface area (Å²) in [6.45, 7) is 11.2. The average molecular weight is 337 g/mol. The molecule has 0 spiro atoms. The molecule has 0 aromatic rings. The smallest absolute Gasteiger partial charge is 0.194 e. The van der Waals surface area contributed by atoms with Crippen LogP contribution >= 0.6 is 24.0 Å². The molecule has 0 atom stereocenters. The summed E-state index contributed by atoms with van der Waals surface area (Å²) in [5.74, 6) is 1.81. The summed E-state index contributed by atoms with van der Waals surface area (Å²) in [5, 5.41) is 3.28. The Labute approximate surface area is 116 Å². The van der Waals surface area contributed by atoms with Gasteiger partial charge in [0.05, 0.1) is 6.54 Å². The first-order valence-electron chi connectivity index (χ1n) is 5.75. The normalized spacial score (nSPS) is 15.2. The van der Waals surface area contributed by atoms with Crippen LogP contribution in [-0.2, 0) is 0 Å². The second-order valence-corrected chi connectivity index (χ2v) is 4.70. The van der Waals surface area contributed by atoms with E-state index in [1.54, 1.807) is 0 Å². The standard InChI is InChI=1S/C12H23N3.HI/c1-10(2)6-5-7-15(4)12-13-8-11(3)9-14-12;/h10H,3,5-9H2,1-2,4H3,(H,13,14);1H. The number of guanidine groups is 1. The third-order valence-corrected chi connectivity index (χ3v) is 2.59. The third-order valence-electron chi connectivity index (χ3n) is 2.59. The lowest BCUT2D eigenvalue weighted by Crippen LogP contribution is -2.43. The molecule has 16 heavy (non-hydrogen) atoms. The van der Waals surface area contributed by atoms with Crippen LogP contribution in [0, 0.1) is 5.92 Å². The first kappa shape index (κ1) is 15.7. The van der Waals surface area contributed by atoms with Gasteiger partial charge in [0.15, 0.2) is 5.96 Å². The van der Waals surface area contributed by atoms with Crippen LogP contribution < -0.4 is 5.32 Å². The molecule has 1 aliphatic heterocycles. The predicted molar refractivity (Wildman–Crippen MR) is 81.6 cm³/mol. The first-order chi connectivity index (χ1) is 7.09. The van der Waals surface area contributed by atoms with Gasteiger partial charge in [0.2, 0.25) is 0 Å². The van der Waals surface area contributed by atoms with E-state index in [-0.39, 0.29) is 24.0 Å². The SMILES string of the molecule is C=C1CN=C(N(C)CCCC(C)C)NC1.I. The van der Waals surface area contributed by atoms with Crippen molar-refractivity contribution in [2.75, 3.05) is 26.7 Å². The summed E-state index contributed by atoms with van der Waals surface area (Å²) in [7, 11) is 2.10. The Kier molecular flexibility index (Phi) is 7.80. The fourth-order valence-electron chi connectivity index (χ4n) is 1.60. The zero-order valence-corrected chi connectivity index (χ0v) is 13.0. The van der Waals surface area contributed by atoms with E-state index >= 15 is 0 Å². The minimum Gasteiger partial charge on any atom is -0.352 e. The highest BCUT2D eigenvalue weighted by Gasteiger charge is 2.10. The summed E-state index contributed by atoms with van der Waals surface area (Å²) < 4.78 is 0. The summed E-state index contributed by atoms with van der Waals surface area (Å²) >= 11 is 0. The van der Waals surface area contributed by atoms with Gasteiger partial charge in [-0.3, -0.25) is 0 Å². The van der Waals surface area contributed by atoms with Gasteiger partial charge in [0.25, 0.3) is 0 Å². The Morgan fingerprint density at radius 2 is 2.19 bits per heavy atom. The summed E-state index contributed by atoms with van der Waals surface area (Å²) in [6.07, 6.45) is 2.51. The zero-order valence-electron chi connectivity index (χ0n) is 10.6. The van der Waals surface area contributed by atoms with Gasteiger partial charge in [0, 0.05) is 20.1 Å². The van der Waals surface area contributed by atoms with E-state index in [2.05, 4.69) is 42.7 Å². The molecule has 3 nitrogen and oxygen atoms in total. The van der Waals surface area contributed by atoms with Crippen LogP contribution in [0.5, 0.6) is 0 Å². The molecule has 0 amide bonds. The quantitative estimate of drug-likeness (QED) is 0.631. The molecular weight excluding hydrogens is 313 g/mol. The molecule has 1 rings (SSSR count). The molecule has 0 saturated carbocycles. The maximum Gasteiger partial charge on any atom is 0.194 e. The van der Waals surface area contributed by atoms with Gasteiger partial charge in [-0.25, -0.2) is 4.99 Å². The van der Waals surface area contributed by atoms with Crippen molar-refractivity contribution >= 4 is 29.9 Å². The van der Waals surface area contributed by atoms with Crippen LogP contribution in [0.15, 0.2) is 17.1 Å².